The Balaban J connectivity index is 2.20. The molecular formula is C11H14BrNS. The summed E-state index contributed by atoms with van der Waals surface area (Å²) >= 11 is 5.60. The summed E-state index contributed by atoms with van der Waals surface area (Å²) in [5.41, 5.74) is 7.05. The molecule has 1 aromatic rings. The molecule has 1 heterocycles. The van der Waals surface area contributed by atoms with Crippen LogP contribution in [0, 0.1) is 0 Å². The van der Waals surface area contributed by atoms with Crippen LogP contribution in [0.15, 0.2) is 27.6 Å². The summed E-state index contributed by atoms with van der Waals surface area (Å²) in [6, 6.07) is 6.47. The molecular weight excluding hydrogens is 258 g/mol. The first-order valence-corrected chi connectivity index (χ1v) is 6.72. The van der Waals surface area contributed by atoms with Crippen molar-refractivity contribution < 1.29 is 0 Å². The highest BCUT2D eigenvalue weighted by atomic mass is 79.9. The largest absolute Gasteiger partial charge is 0.330 e. The van der Waals surface area contributed by atoms with Gasteiger partial charge in [-0.15, -0.1) is 11.8 Å². The fourth-order valence-electron chi connectivity index (χ4n) is 1.90. The molecule has 0 radical (unpaired) electrons. The number of benzene rings is 1. The van der Waals surface area contributed by atoms with E-state index in [2.05, 4.69) is 34.1 Å². The number of hydrogen-bond donors (Lipinski definition) is 1. The van der Waals surface area contributed by atoms with Crippen molar-refractivity contribution in [2.24, 2.45) is 5.73 Å². The third-order valence-corrected chi connectivity index (χ3v) is 4.55. The van der Waals surface area contributed by atoms with E-state index in [1.807, 2.05) is 11.8 Å². The average Bonchev–Trinajstić information content (AvgIpc) is 2.59. The van der Waals surface area contributed by atoms with Crippen molar-refractivity contribution in [2.75, 3.05) is 12.3 Å². The van der Waals surface area contributed by atoms with Crippen LogP contribution in [0.25, 0.3) is 0 Å². The van der Waals surface area contributed by atoms with Crippen molar-refractivity contribution in [3.05, 3.63) is 28.2 Å². The Morgan fingerprint density at radius 2 is 2.36 bits per heavy atom. The van der Waals surface area contributed by atoms with Crippen LogP contribution in [0.3, 0.4) is 0 Å². The maximum absolute atomic E-state index is 5.55. The lowest BCUT2D eigenvalue weighted by Gasteiger charge is -2.11. The second kappa shape index (κ2) is 4.69. The highest BCUT2D eigenvalue weighted by Crippen LogP contribution is 2.44. The Kier molecular flexibility index (Phi) is 3.52. The van der Waals surface area contributed by atoms with Gasteiger partial charge in [-0.2, -0.15) is 0 Å². The molecule has 0 saturated carbocycles. The minimum Gasteiger partial charge on any atom is -0.330 e. The molecule has 0 saturated heterocycles. The average molecular weight is 272 g/mol. The van der Waals surface area contributed by atoms with Gasteiger partial charge in [0.25, 0.3) is 0 Å². The van der Waals surface area contributed by atoms with E-state index in [1.165, 1.54) is 27.1 Å². The zero-order valence-corrected chi connectivity index (χ0v) is 10.4. The molecule has 2 rings (SSSR count). The van der Waals surface area contributed by atoms with Gasteiger partial charge in [0.05, 0.1) is 0 Å². The molecule has 1 nitrogen and oxygen atoms in total. The minimum atomic E-state index is 0.703. The van der Waals surface area contributed by atoms with Crippen LogP contribution < -0.4 is 5.73 Å². The van der Waals surface area contributed by atoms with E-state index in [9.17, 15) is 0 Å². The highest BCUT2D eigenvalue weighted by Gasteiger charge is 2.24. The smallest absolute Gasteiger partial charge is 0.0221 e. The van der Waals surface area contributed by atoms with E-state index in [4.69, 9.17) is 5.73 Å². The van der Waals surface area contributed by atoms with E-state index >= 15 is 0 Å². The van der Waals surface area contributed by atoms with Crippen molar-refractivity contribution in [3.8, 4) is 0 Å². The minimum absolute atomic E-state index is 0.703. The van der Waals surface area contributed by atoms with Crippen molar-refractivity contribution in [1.29, 1.82) is 0 Å². The number of hydrogen-bond acceptors (Lipinski definition) is 2. The molecule has 14 heavy (non-hydrogen) atoms. The fraction of sp³-hybridized carbons (Fsp3) is 0.455. The lowest BCUT2D eigenvalue weighted by Crippen LogP contribution is -2.04. The predicted octanol–water partition coefficient (Wildman–Crippen LogP) is 3.38. The molecule has 1 aliphatic rings. The lowest BCUT2D eigenvalue weighted by atomic mass is 9.96. The quantitative estimate of drug-likeness (QED) is 0.912. The normalized spacial score (nSPS) is 19.7. The van der Waals surface area contributed by atoms with Crippen LogP contribution in [0.5, 0.6) is 0 Å². The SMILES string of the molecule is NCCCC1CSc2cccc(Br)c21. The van der Waals surface area contributed by atoms with Crippen LogP contribution in [0.2, 0.25) is 0 Å². The van der Waals surface area contributed by atoms with Crippen molar-refractivity contribution >= 4 is 27.7 Å². The summed E-state index contributed by atoms with van der Waals surface area (Å²) in [6.45, 7) is 0.807. The van der Waals surface area contributed by atoms with E-state index in [-0.39, 0.29) is 0 Å². The lowest BCUT2D eigenvalue weighted by molar-refractivity contribution is 0.647. The first kappa shape index (κ1) is 10.5. The van der Waals surface area contributed by atoms with E-state index in [1.54, 1.807) is 0 Å². The standard InChI is InChI=1S/C11H14BrNS/c12-9-4-1-5-10-11(9)8(7-14-10)3-2-6-13/h1,4-5,8H,2-3,6-7,13H2. The second-order valence-electron chi connectivity index (χ2n) is 3.59. The highest BCUT2D eigenvalue weighted by molar-refractivity contribution is 9.10. The van der Waals surface area contributed by atoms with Gasteiger partial charge >= 0.3 is 0 Å². The zero-order valence-electron chi connectivity index (χ0n) is 8.00. The molecule has 0 fully saturated rings. The van der Waals surface area contributed by atoms with Gasteiger partial charge in [0.2, 0.25) is 0 Å². The summed E-state index contributed by atoms with van der Waals surface area (Å²) in [6.07, 6.45) is 2.35. The number of nitrogens with two attached hydrogens (primary N) is 1. The van der Waals surface area contributed by atoms with Gasteiger partial charge in [-0.3, -0.25) is 0 Å². The number of halogens is 1. The van der Waals surface area contributed by atoms with Gasteiger partial charge in [-0.05, 0) is 43.0 Å². The van der Waals surface area contributed by atoms with E-state index in [0.29, 0.717) is 5.92 Å². The van der Waals surface area contributed by atoms with Crippen LogP contribution in [-0.4, -0.2) is 12.3 Å². The van der Waals surface area contributed by atoms with Crippen LogP contribution in [0.4, 0.5) is 0 Å². The molecule has 0 amide bonds. The molecule has 0 bridgehead atoms. The van der Waals surface area contributed by atoms with Gasteiger partial charge in [0, 0.05) is 15.1 Å². The van der Waals surface area contributed by atoms with Crippen LogP contribution in [-0.2, 0) is 0 Å². The first-order chi connectivity index (χ1) is 6.83. The molecule has 1 aromatic carbocycles. The summed E-state index contributed by atoms with van der Waals surface area (Å²) < 4.78 is 1.27. The van der Waals surface area contributed by atoms with Crippen LogP contribution in [0.1, 0.15) is 24.3 Å². The molecule has 76 valence electrons. The maximum Gasteiger partial charge on any atom is 0.0221 e. The third kappa shape index (κ3) is 2.00. The maximum atomic E-state index is 5.55. The Morgan fingerprint density at radius 1 is 1.50 bits per heavy atom. The Hall–Kier alpha value is 0.01000. The molecule has 2 N–H and O–H groups in total. The fourth-order valence-corrected chi connectivity index (χ4v) is 4.05. The summed E-state index contributed by atoms with van der Waals surface area (Å²) in [7, 11) is 0. The van der Waals surface area contributed by atoms with Gasteiger partial charge in [-0.25, -0.2) is 0 Å². The first-order valence-electron chi connectivity index (χ1n) is 4.94. The Bertz CT molecular complexity index is 327. The van der Waals surface area contributed by atoms with E-state index in [0.717, 1.165) is 13.0 Å². The molecule has 1 unspecified atom stereocenters. The van der Waals surface area contributed by atoms with Gasteiger partial charge < -0.3 is 5.73 Å². The van der Waals surface area contributed by atoms with E-state index < -0.39 is 0 Å². The molecule has 3 heteroatoms. The van der Waals surface area contributed by atoms with Gasteiger partial charge in [0.1, 0.15) is 0 Å². The molecule has 0 aromatic heterocycles. The zero-order chi connectivity index (χ0) is 9.97. The third-order valence-electron chi connectivity index (χ3n) is 2.62. The van der Waals surface area contributed by atoms with Gasteiger partial charge in [0.15, 0.2) is 0 Å². The van der Waals surface area contributed by atoms with Gasteiger partial charge in [-0.1, -0.05) is 22.0 Å². The van der Waals surface area contributed by atoms with Crippen LogP contribution >= 0.6 is 27.7 Å². The molecule has 0 aliphatic carbocycles. The summed E-state index contributed by atoms with van der Waals surface area (Å²) in [5.74, 6) is 1.92. The topological polar surface area (TPSA) is 26.0 Å². The second-order valence-corrected chi connectivity index (χ2v) is 5.51. The molecule has 0 spiro atoms. The molecule has 1 aliphatic heterocycles. The number of rotatable bonds is 3. The predicted molar refractivity (Wildman–Crippen MR) is 65.9 cm³/mol. The summed E-state index contributed by atoms with van der Waals surface area (Å²) in [4.78, 5) is 1.45. The summed E-state index contributed by atoms with van der Waals surface area (Å²) in [5, 5.41) is 0. The Morgan fingerprint density at radius 3 is 3.14 bits per heavy atom. The Labute approximate surface area is 97.6 Å². The number of fused-ring (bicyclic) bond motifs is 1. The van der Waals surface area contributed by atoms with Crippen molar-refractivity contribution in [3.63, 3.8) is 0 Å². The molecule has 1 atom stereocenters. The van der Waals surface area contributed by atoms with Crippen molar-refractivity contribution in [2.45, 2.75) is 23.7 Å². The van der Waals surface area contributed by atoms with Crippen molar-refractivity contribution in [1.82, 2.24) is 0 Å². The monoisotopic (exact) mass is 271 g/mol. The number of thioether (sulfide) groups is 1.